The molecule has 0 saturated heterocycles. The fourth-order valence-corrected chi connectivity index (χ4v) is 2.70. The molecule has 0 unspecified atom stereocenters. The molecule has 7 heteroatoms. The average Bonchev–Trinajstić information content (AvgIpc) is 2.75. The van der Waals surface area contributed by atoms with Crippen molar-refractivity contribution in [3.63, 3.8) is 0 Å². The first kappa shape index (κ1) is 18.6. The van der Waals surface area contributed by atoms with Crippen LogP contribution in [0.5, 0.6) is 0 Å². The second-order valence-electron chi connectivity index (χ2n) is 5.06. The first-order chi connectivity index (χ1) is 12.0. The standard InChI is InChI=1S/C16H12ClN3O3.C2H6/c1-19-14-7-6-10(20(22)23)8-12(14)16(18-9-15(19)21)11-4-2-3-5-13(11)17;1-2/h2-8H,9H2,1H3;1-2H3. The molecule has 1 aliphatic heterocycles. The number of nitro groups is 1. The van der Waals surface area contributed by atoms with Gasteiger partial charge in [-0.25, -0.2) is 0 Å². The molecule has 0 aromatic heterocycles. The van der Waals surface area contributed by atoms with E-state index in [1.807, 2.05) is 13.8 Å². The van der Waals surface area contributed by atoms with Gasteiger partial charge in [-0.05, 0) is 12.1 Å². The summed E-state index contributed by atoms with van der Waals surface area (Å²) in [5.41, 5.74) is 2.13. The molecule has 3 rings (SSSR count). The quantitative estimate of drug-likeness (QED) is 0.598. The van der Waals surface area contributed by atoms with E-state index in [0.29, 0.717) is 27.5 Å². The molecule has 0 aliphatic carbocycles. The topological polar surface area (TPSA) is 75.8 Å². The normalized spacial score (nSPS) is 13.2. The van der Waals surface area contributed by atoms with E-state index in [4.69, 9.17) is 11.6 Å². The van der Waals surface area contributed by atoms with Gasteiger partial charge in [0.25, 0.3) is 5.69 Å². The van der Waals surface area contributed by atoms with E-state index in [-0.39, 0.29) is 18.1 Å². The molecule has 0 N–H and O–H groups in total. The summed E-state index contributed by atoms with van der Waals surface area (Å²) < 4.78 is 0. The second-order valence-corrected chi connectivity index (χ2v) is 5.46. The van der Waals surface area contributed by atoms with Crippen molar-refractivity contribution in [3.05, 3.63) is 68.7 Å². The molecule has 1 heterocycles. The Morgan fingerprint density at radius 2 is 1.84 bits per heavy atom. The van der Waals surface area contributed by atoms with Crippen LogP contribution >= 0.6 is 11.6 Å². The molecule has 130 valence electrons. The number of non-ortho nitro benzene ring substituents is 1. The Balaban J connectivity index is 0.00000109. The van der Waals surface area contributed by atoms with Crippen LogP contribution in [0.2, 0.25) is 5.02 Å². The van der Waals surface area contributed by atoms with E-state index in [0.717, 1.165) is 0 Å². The Bertz CT molecular complexity index is 849. The lowest BCUT2D eigenvalue weighted by Gasteiger charge is -2.17. The number of likely N-dealkylation sites (N-methyl/N-ethyl adjacent to an activating group) is 1. The first-order valence-corrected chi connectivity index (χ1v) is 8.21. The molecular weight excluding hydrogens is 342 g/mol. The summed E-state index contributed by atoms with van der Waals surface area (Å²) in [6.07, 6.45) is 0. The summed E-state index contributed by atoms with van der Waals surface area (Å²) in [6, 6.07) is 11.4. The van der Waals surface area contributed by atoms with E-state index in [2.05, 4.69) is 4.99 Å². The number of aliphatic imine (C=N–C) groups is 1. The lowest BCUT2D eigenvalue weighted by atomic mass is 9.99. The second kappa shape index (κ2) is 7.90. The highest BCUT2D eigenvalue weighted by Crippen LogP contribution is 2.31. The number of fused-ring (bicyclic) bond motifs is 1. The lowest BCUT2D eigenvalue weighted by Crippen LogP contribution is -2.27. The third-order valence-corrected chi connectivity index (χ3v) is 4.01. The number of carbonyl (C=O) groups is 1. The molecule has 6 nitrogen and oxygen atoms in total. The van der Waals surface area contributed by atoms with Gasteiger partial charge in [0.15, 0.2) is 0 Å². The van der Waals surface area contributed by atoms with Gasteiger partial charge in [-0.2, -0.15) is 0 Å². The van der Waals surface area contributed by atoms with Crippen molar-refractivity contribution in [2.75, 3.05) is 18.5 Å². The van der Waals surface area contributed by atoms with Gasteiger partial charge < -0.3 is 4.90 Å². The SMILES string of the molecule is CC.CN1C(=O)CN=C(c2ccccc2Cl)c2cc([N+](=O)[O-])ccc21. The maximum atomic E-state index is 12.1. The highest BCUT2D eigenvalue weighted by atomic mass is 35.5. The number of benzodiazepines with no additional fused rings is 1. The zero-order valence-corrected chi connectivity index (χ0v) is 14.9. The minimum Gasteiger partial charge on any atom is -0.313 e. The highest BCUT2D eigenvalue weighted by molar-refractivity contribution is 6.36. The summed E-state index contributed by atoms with van der Waals surface area (Å²) in [7, 11) is 1.62. The number of nitrogens with zero attached hydrogens (tertiary/aromatic N) is 3. The number of amides is 1. The maximum Gasteiger partial charge on any atom is 0.270 e. The molecule has 0 spiro atoms. The summed E-state index contributed by atoms with van der Waals surface area (Å²) in [5.74, 6) is -0.192. The number of nitro benzene ring substituents is 1. The summed E-state index contributed by atoms with van der Waals surface area (Å²) in [5, 5.41) is 11.6. The number of benzene rings is 2. The minimum atomic E-state index is -0.475. The molecule has 0 fully saturated rings. The molecule has 2 aromatic carbocycles. The largest absolute Gasteiger partial charge is 0.313 e. The summed E-state index contributed by atoms with van der Waals surface area (Å²) in [4.78, 5) is 28.5. The van der Waals surface area contributed by atoms with Crippen LogP contribution in [0.15, 0.2) is 47.5 Å². The van der Waals surface area contributed by atoms with Crippen LogP contribution in [0.1, 0.15) is 25.0 Å². The zero-order chi connectivity index (χ0) is 18.6. The van der Waals surface area contributed by atoms with Crippen molar-refractivity contribution in [3.8, 4) is 0 Å². The molecular formula is C18H18ClN3O3. The van der Waals surface area contributed by atoms with Gasteiger partial charge in [0.2, 0.25) is 5.91 Å². The minimum absolute atomic E-state index is 0.0421. The third kappa shape index (κ3) is 3.69. The monoisotopic (exact) mass is 359 g/mol. The van der Waals surface area contributed by atoms with Crippen molar-refractivity contribution in [2.45, 2.75) is 13.8 Å². The highest BCUT2D eigenvalue weighted by Gasteiger charge is 2.25. The number of rotatable bonds is 2. The number of anilines is 1. The van der Waals surface area contributed by atoms with Gasteiger partial charge >= 0.3 is 0 Å². The van der Waals surface area contributed by atoms with Gasteiger partial charge in [-0.1, -0.05) is 43.6 Å². The van der Waals surface area contributed by atoms with Crippen molar-refractivity contribution >= 4 is 34.6 Å². The molecule has 25 heavy (non-hydrogen) atoms. The first-order valence-electron chi connectivity index (χ1n) is 7.84. The summed E-state index contributed by atoms with van der Waals surface area (Å²) in [6.45, 7) is 3.96. The van der Waals surface area contributed by atoms with Crippen LogP contribution in [0.3, 0.4) is 0 Å². The van der Waals surface area contributed by atoms with Crippen molar-refractivity contribution in [1.29, 1.82) is 0 Å². The van der Waals surface area contributed by atoms with E-state index >= 15 is 0 Å². The fraction of sp³-hybridized carbons (Fsp3) is 0.222. The Morgan fingerprint density at radius 1 is 1.16 bits per heavy atom. The van der Waals surface area contributed by atoms with Gasteiger partial charge in [-0.3, -0.25) is 19.9 Å². The van der Waals surface area contributed by atoms with Crippen LogP contribution < -0.4 is 4.90 Å². The van der Waals surface area contributed by atoms with Crippen LogP contribution in [0, 0.1) is 10.1 Å². The Labute approximate surface area is 150 Å². The molecule has 2 aromatic rings. The molecule has 0 bridgehead atoms. The predicted molar refractivity (Wildman–Crippen MR) is 99.8 cm³/mol. The van der Waals surface area contributed by atoms with Crippen LogP contribution in [0.25, 0.3) is 0 Å². The number of halogens is 1. The molecule has 1 aliphatic rings. The Kier molecular flexibility index (Phi) is 5.88. The zero-order valence-electron chi connectivity index (χ0n) is 14.2. The van der Waals surface area contributed by atoms with Gasteiger partial charge in [0, 0.05) is 35.3 Å². The summed E-state index contributed by atoms with van der Waals surface area (Å²) >= 11 is 6.24. The van der Waals surface area contributed by atoms with Crippen LogP contribution in [0.4, 0.5) is 11.4 Å². The van der Waals surface area contributed by atoms with E-state index < -0.39 is 4.92 Å². The molecule has 0 saturated carbocycles. The average molecular weight is 360 g/mol. The van der Waals surface area contributed by atoms with E-state index in [1.54, 1.807) is 37.4 Å². The van der Waals surface area contributed by atoms with Crippen LogP contribution in [-0.2, 0) is 4.79 Å². The van der Waals surface area contributed by atoms with Gasteiger partial charge in [0.05, 0.1) is 16.3 Å². The van der Waals surface area contributed by atoms with Gasteiger partial charge in [0.1, 0.15) is 6.54 Å². The van der Waals surface area contributed by atoms with Crippen molar-refractivity contribution in [1.82, 2.24) is 0 Å². The smallest absolute Gasteiger partial charge is 0.270 e. The Morgan fingerprint density at radius 3 is 2.48 bits per heavy atom. The van der Waals surface area contributed by atoms with Crippen molar-refractivity contribution in [2.24, 2.45) is 4.99 Å². The number of carbonyl (C=O) groups excluding carboxylic acids is 1. The van der Waals surface area contributed by atoms with Crippen LogP contribution in [-0.4, -0.2) is 30.1 Å². The van der Waals surface area contributed by atoms with E-state index in [9.17, 15) is 14.9 Å². The molecule has 1 amide bonds. The molecule has 0 radical (unpaired) electrons. The molecule has 0 atom stereocenters. The predicted octanol–water partition coefficient (Wildman–Crippen LogP) is 4.09. The number of hydrogen-bond acceptors (Lipinski definition) is 4. The van der Waals surface area contributed by atoms with E-state index in [1.165, 1.54) is 17.0 Å². The third-order valence-electron chi connectivity index (χ3n) is 3.68. The van der Waals surface area contributed by atoms with Crippen molar-refractivity contribution < 1.29 is 9.72 Å². The number of hydrogen-bond donors (Lipinski definition) is 0. The Hall–Kier alpha value is -2.73. The lowest BCUT2D eigenvalue weighted by molar-refractivity contribution is -0.384. The van der Waals surface area contributed by atoms with Gasteiger partial charge in [-0.15, -0.1) is 0 Å². The maximum absolute atomic E-state index is 12.1. The fourth-order valence-electron chi connectivity index (χ4n) is 2.48.